The van der Waals surface area contributed by atoms with Crippen LogP contribution < -0.4 is 31.3 Å². The van der Waals surface area contributed by atoms with Crippen LogP contribution in [0.2, 0.25) is 0 Å². The van der Waals surface area contributed by atoms with Crippen LogP contribution in [0.1, 0.15) is 37.8 Å². The summed E-state index contributed by atoms with van der Waals surface area (Å²) in [7, 11) is -1.59. The fourth-order valence-electron chi connectivity index (χ4n) is 6.20. The third-order valence-electron chi connectivity index (χ3n) is 8.30. The molecule has 0 aromatic heterocycles. The Morgan fingerprint density at radius 3 is 1.48 bits per heavy atom. The highest BCUT2D eigenvalue weighted by atomic mass is 31.1. The fraction of sp³-hybridized carbons (Fsp3) is 0.128. The Bertz CT molecular complexity index is 1730. The summed E-state index contributed by atoms with van der Waals surface area (Å²) in [4.78, 5) is 0. The van der Waals surface area contributed by atoms with Crippen LogP contribution in [0, 0.1) is 0 Å². The Morgan fingerprint density at radius 1 is 0.524 bits per heavy atom. The van der Waals surface area contributed by atoms with E-state index in [4.69, 9.17) is 4.74 Å². The fourth-order valence-corrected chi connectivity index (χ4v) is 11.1. The molecular weight excluding hydrogens is 546 g/mol. The molecule has 0 saturated carbocycles. The van der Waals surface area contributed by atoms with Crippen LogP contribution in [0.5, 0.6) is 11.5 Å². The lowest BCUT2D eigenvalue weighted by atomic mass is 9.76. The van der Waals surface area contributed by atoms with Gasteiger partial charge in [0.15, 0.2) is 0 Å². The van der Waals surface area contributed by atoms with E-state index in [0.29, 0.717) is 0 Å². The maximum Gasteiger partial charge on any atom is 0.139 e. The number of hydrogen-bond donors (Lipinski definition) is 0. The van der Waals surface area contributed by atoms with Crippen LogP contribution in [0.3, 0.4) is 0 Å². The van der Waals surface area contributed by atoms with Gasteiger partial charge in [-0.1, -0.05) is 159 Å². The van der Waals surface area contributed by atoms with Crippen molar-refractivity contribution in [3.8, 4) is 11.5 Å². The van der Waals surface area contributed by atoms with Crippen LogP contribution in [-0.2, 0) is 5.41 Å². The van der Waals surface area contributed by atoms with Gasteiger partial charge in [-0.15, -0.1) is 0 Å². The second kappa shape index (κ2) is 11.5. The zero-order valence-electron chi connectivity index (χ0n) is 24.1. The molecule has 0 bridgehead atoms. The highest BCUT2D eigenvalue weighted by Gasteiger charge is 2.39. The smallest absolute Gasteiger partial charge is 0.139 e. The van der Waals surface area contributed by atoms with E-state index in [1.165, 1.54) is 43.0 Å². The lowest BCUT2D eigenvalue weighted by Gasteiger charge is -2.38. The summed E-state index contributed by atoms with van der Waals surface area (Å²) in [5.41, 5.74) is 2.31. The Hall–Kier alpha value is -3.76. The van der Waals surface area contributed by atoms with Crippen LogP contribution in [0.25, 0.3) is 0 Å². The zero-order chi connectivity index (χ0) is 28.5. The Labute approximate surface area is 252 Å². The minimum Gasteiger partial charge on any atom is -0.455 e. The largest absolute Gasteiger partial charge is 0.455 e. The second-order valence-electron chi connectivity index (χ2n) is 11.3. The molecule has 42 heavy (non-hydrogen) atoms. The number of allylic oxidation sites excluding steroid dienone is 4. The van der Waals surface area contributed by atoms with E-state index in [1.807, 2.05) is 0 Å². The molecule has 5 aromatic carbocycles. The third kappa shape index (κ3) is 4.86. The van der Waals surface area contributed by atoms with E-state index in [2.05, 4.69) is 159 Å². The molecule has 1 nitrogen and oxygen atoms in total. The van der Waals surface area contributed by atoms with Crippen molar-refractivity contribution in [2.24, 2.45) is 0 Å². The van der Waals surface area contributed by atoms with E-state index in [-0.39, 0.29) is 5.41 Å². The predicted molar refractivity (Wildman–Crippen MR) is 183 cm³/mol. The molecular formula is C39H34OP2. The van der Waals surface area contributed by atoms with Gasteiger partial charge in [0, 0.05) is 27.2 Å². The molecule has 3 heteroatoms. The van der Waals surface area contributed by atoms with Crippen molar-refractivity contribution in [2.75, 3.05) is 0 Å². The Kier molecular flexibility index (Phi) is 7.41. The highest BCUT2D eigenvalue weighted by Crippen LogP contribution is 2.54. The first-order chi connectivity index (χ1) is 20.6. The van der Waals surface area contributed by atoms with Gasteiger partial charge < -0.3 is 4.74 Å². The second-order valence-corrected chi connectivity index (χ2v) is 15.7. The summed E-state index contributed by atoms with van der Waals surface area (Å²) in [6.07, 6.45) is 9.31. The summed E-state index contributed by atoms with van der Waals surface area (Å²) in [6.45, 7) is 4.72. The molecule has 0 fully saturated rings. The molecule has 0 radical (unpaired) electrons. The molecule has 0 N–H and O–H groups in total. The lowest BCUT2D eigenvalue weighted by Crippen LogP contribution is -2.32. The summed E-state index contributed by atoms with van der Waals surface area (Å²) in [5, 5.41) is 7.99. The Balaban J connectivity index is 1.44. The van der Waals surface area contributed by atoms with Crippen LogP contribution in [0.4, 0.5) is 0 Å². The van der Waals surface area contributed by atoms with E-state index in [9.17, 15) is 0 Å². The normalized spacial score (nSPS) is 15.7. The molecule has 0 amide bonds. The van der Waals surface area contributed by atoms with Crippen molar-refractivity contribution in [1.82, 2.24) is 0 Å². The predicted octanol–water partition coefficient (Wildman–Crippen LogP) is 8.54. The lowest BCUT2D eigenvalue weighted by molar-refractivity contribution is 0.425. The van der Waals surface area contributed by atoms with Gasteiger partial charge in [0.05, 0.1) is 0 Å². The molecule has 1 aliphatic carbocycles. The molecule has 1 heterocycles. The number of para-hydroxylation sites is 2. The highest BCUT2D eigenvalue weighted by molar-refractivity contribution is 7.80. The van der Waals surface area contributed by atoms with Gasteiger partial charge in [-0.25, -0.2) is 0 Å². The molecule has 5 aromatic rings. The average molecular weight is 581 g/mol. The zero-order valence-corrected chi connectivity index (χ0v) is 25.9. The summed E-state index contributed by atoms with van der Waals surface area (Å²) in [6, 6.07) is 46.5. The standard InChI is InChI=1S/C39H34OP2/c1-39(2)33-25-15-27-35(41(29-17-7-3-8-18-29)30-19-9-4-10-20-30)37(33)40-38-34(39)26-16-28-36(38)42(31-21-11-5-12-22-31)32-23-13-6-14-24-32/h3-5,7-13,15-28H,6,14H2,1-2H3. The molecule has 2 aliphatic rings. The van der Waals surface area contributed by atoms with Crippen molar-refractivity contribution in [3.63, 3.8) is 0 Å². The van der Waals surface area contributed by atoms with Crippen molar-refractivity contribution in [1.29, 1.82) is 0 Å². The third-order valence-corrected chi connectivity index (χ3v) is 13.3. The molecule has 206 valence electrons. The SMILES string of the molecule is CC1(C)c2cccc(P(C3=CCCC=C3)c3ccccc3)c2Oc2c(P(c3ccccc3)c3ccccc3)cccc21. The van der Waals surface area contributed by atoms with Crippen LogP contribution in [-0.4, -0.2) is 0 Å². The van der Waals surface area contributed by atoms with E-state index < -0.39 is 15.8 Å². The minimum absolute atomic E-state index is 0.211. The topological polar surface area (TPSA) is 9.23 Å². The Morgan fingerprint density at radius 2 is 1.00 bits per heavy atom. The van der Waals surface area contributed by atoms with Gasteiger partial charge in [0.25, 0.3) is 0 Å². The number of rotatable bonds is 6. The quantitative estimate of drug-likeness (QED) is 0.183. The first-order valence-corrected chi connectivity index (χ1v) is 17.4. The molecule has 1 atom stereocenters. The monoisotopic (exact) mass is 580 g/mol. The maximum absolute atomic E-state index is 7.27. The van der Waals surface area contributed by atoms with Crippen LogP contribution >= 0.6 is 15.8 Å². The van der Waals surface area contributed by atoms with E-state index in [0.717, 1.165) is 24.3 Å². The number of hydrogen-bond acceptors (Lipinski definition) is 1. The van der Waals surface area contributed by atoms with Crippen molar-refractivity contribution in [3.05, 3.63) is 162 Å². The van der Waals surface area contributed by atoms with Crippen molar-refractivity contribution in [2.45, 2.75) is 32.1 Å². The van der Waals surface area contributed by atoms with E-state index in [1.54, 1.807) is 0 Å². The van der Waals surface area contributed by atoms with Gasteiger partial charge in [-0.3, -0.25) is 0 Å². The van der Waals surface area contributed by atoms with E-state index >= 15 is 0 Å². The van der Waals surface area contributed by atoms with Gasteiger partial charge in [-0.2, -0.15) is 0 Å². The number of ether oxygens (including phenoxy) is 1. The summed E-state index contributed by atoms with van der Waals surface area (Å²) in [5.74, 6) is 2.06. The first kappa shape index (κ1) is 27.1. The summed E-state index contributed by atoms with van der Waals surface area (Å²) < 4.78 is 7.27. The van der Waals surface area contributed by atoms with Gasteiger partial charge >= 0.3 is 0 Å². The first-order valence-electron chi connectivity index (χ1n) is 14.7. The molecule has 1 unspecified atom stereocenters. The van der Waals surface area contributed by atoms with Gasteiger partial charge in [0.2, 0.25) is 0 Å². The van der Waals surface area contributed by atoms with Crippen LogP contribution in [0.15, 0.2) is 151 Å². The number of benzene rings is 5. The van der Waals surface area contributed by atoms with Crippen molar-refractivity contribution < 1.29 is 4.74 Å². The van der Waals surface area contributed by atoms with Gasteiger partial charge in [-0.05, 0) is 49.9 Å². The molecule has 7 rings (SSSR count). The number of fused-ring (bicyclic) bond motifs is 2. The average Bonchev–Trinajstić information content (AvgIpc) is 3.04. The van der Waals surface area contributed by atoms with Crippen molar-refractivity contribution >= 4 is 42.4 Å². The maximum atomic E-state index is 7.27. The van der Waals surface area contributed by atoms with Gasteiger partial charge in [0.1, 0.15) is 11.5 Å². The molecule has 0 spiro atoms. The molecule has 1 aliphatic heterocycles. The minimum atomic E-state index is -0.815. The molecule has 0 saturated heterocycles. The summed E-state index contributed by atoms with van der Waals surface area (Å²) >= 11 is 0.